The Morgan fingerprint density at radius 1 is 0.957 bits per heavy atom. The van der Waals surface area contributed by atoms with Crippen LogP contribution in [0.15, 0.2) is 65.6 Å². The maximum Gasteiger partial charge on any atom is 0.229 e. The van der Waals surface area contributed by atoms with Crippen LogP contribution in [0.1, 0.15) is 38.6 Å². The van der Waals surface area contributed by atoms with Gasteiger partial charge < -0.3 is 4.42 Å². The highest BCUT2D eigenvalue weighted by atomic mass is 35.5. The van der Waals surface area contributed by atoms with Gasteiger partial charge >= 0.3 is 0 Å². The van der Waals surface area contributed by atoms with Crippen LogP contribution in [-0.2, 0) is 6.42 Å². The Bertz CT molecular complexity index is 897. The van der Waals surface area contributed by atoms with Crippen LogP contribution in [0.2, 0.25) is 5.02 Å². The highest BCUT2D eigenvalue weighted by Crippen LogP contribution is 2.36. The molecular weight excluding hydrogens is 308 g/mol. The van der Waals surface area contributed by atoms with Gasteiger partial charge in [0.2, 0.25) is 5.78 Å². The van der Waals surface area contributed by atoms with E-state index in [0.29, 0.717) is 22.8 Å². The highest BCUT2D eigenvalue weighted by molar-refractivity contribution is 6.30. The summed E-state index contributed by atoms with van der Waals surface area (Å²) in [6.07, 6.45) is 0.588. The van der Waals surface area contributed by atoms with Crippen molar-refractivity contribution < 1.29 is 9.21 Å². The van der Waals surface area contributed by atoms with Gasteiger partial charge in [0.1, 0.15) is 5.76 Å². The zero-order valence-corrected chi connectivity index (χ0v) is 13.1. The van der Waals surface area contributed by atoms with E-state index >= 15 is 0 Å². The van der Waals surface area contributed by atoms with Crippen molar-refractivity contribution in [2.75, 3.05) is 0 Å². The number of hydrogen-bond acceptors (Lipinski definition) is 2. The van der Waals surface area contributed by atoms with E-state index in [1.165, 1.54) is 0 Å². The number of ketones is 1. The molecule has 1 aromatic heterocycles. The standard InChI is InChI=1S/C20H13ClO2/c1-12-16-7-2-3-8-17(16)19(22)20-18(12)11-15(23-20)10-13-5-4-6-14(21)9-13/h2-9,11H,1,10H2. The Morgan fingerprint density at radius 2 is 1.74 bits per heavy atom. The van der Waals surface area contributed by atoms with Crippen LogP contribution in [0, 0.1) is 0 Å². The van der Waals surface area contributed by atoms with Crippen LogP contribution in [-0.4, -0.2) is 5.78 Å². The summed E-state index contributed by atoms with van der Waals surface area (Å²) in [5.41, 5.74) is 4.18. The second kappa shape index (κ2) is 5.25. The fraction of sp³-hybridized carbons (Fsp3) is 0.0500. The molecule has 0 spiro atoms. The summed E-state index contributed by atoms with van der Waals surface area (Å²) in [6.45, 7) is 4.13. The van der Waals surface area contributed by atoms with Gasteiger partial charge in [0.25, 0.3) is 0 Å². The minimum absolute atomic E-state index is 0.0830. The SMILES string of the molecule is C=C1c2ccccc2C(=O)c2oc(Cc3cccc(Cl)c3)cc21. The molecule has 0 saturated carbocycles. The van der Waals surface area contributed by atoms with Crippen LogP contribution >= 0.6 is 11.6 Å². The highest BCUT2D eigenvalue weighted by Gasteiger charge is 2.29. The van der Waals surface area contributed by atoms with Crippen LogP contribution < -0.4 is 0 Å². The van der Waals surface area contributed by atoms with Gasteiger partial charge in [-0.2, -0.15) is 0 Å². The quantitative estimate of drug-likeness (QED) is 0.512. The molecule has 0 bridgehead atoms. The van der Waals surface area contributed by atoms with Crippen LogP contribution in [0.25, 0.3) is 5.57 Å². The lowest BCUT2D eigenvalue weighted by Gasteiger charge is -2.15. The van der Waals surface area contributed by atoms with E-state index in [9.17, 15) is 4.79 Å². The zero-order valence-electron chi connectivity index (χ0n) is 12.3. The lowest BCUT2D eigenvalue weighted by atomic mass is 9.86. The van der Waals surface area contributed by atoms with Gasteiger partial charge in [-0.1, -0.05) is 54.6 Å². The molecule has 1 aliphatic carbocycles. The van der Waals surface area contributed by atoms with Gasteiger partial charge in [0, 0.05) is 22.6 Å². The predicted molar refractivity (Wildman–Crippen MR) is 91.0 cm³/mol. The molecule has 0 radical (unpaired) electrons. The van der Waals surface area contributed by atoms with E-state index in [4.69, 9.17) is 16.0 Å². The number of hydrogen-bond donors (Lipinski definition) is 0. The molecule has 112 valence electrons. The molecule has 0 saturated heterocycles. The third-order valence-corrected chi connectivity index (χ3v) is 4.31. The fourth-order valence-electron chi connectivity index (χ4n) is 2.98. The first-order valence-corrected chi connectivity index (χ1v) is 7.72. The number of halogens is 1. The number of furan rings is 1. The minimum atomic E-state index is -0.0830. The summed E-state index contributed by atoms with van der Waals surface area (Å²) >= 11 is 6.02. The number of rotatable bonds is 2. The van der Waals surface area contributed by atoms with Crippen molar-refractivity contribution >= 4 is 23.0 Å². The van der Waals surface area contributed by atoms with E-state index in [1.54, 1.807) is 0 Å². The summed E-state index contributed by atoms with van der Waals surface area (Å²) in [7, 11) is 0. The molecule has 3 heteroatoms. The molecule has 1 heterocycles. The smallest absolute Gasteiger partial charge is 0.229 e. The van der Waals surface area contributed by atoms with Crippen molar-refractivity contribution in [2.45, 2.75) is 6.42 Å². The van der Waals surface area contributed by atoms with Gasteiger partial charge in [-0.3, -0.25) is 4.79 Å². The van der Waals surface area contributed by atoms with Crippen LogP contribution in [0.4, 0.5) is 0 Å². The molecule has 0 amide bonds. The topological polar surface area (TPSA) is 30.2 Å². The molecule has 3 aromatic rings. The second-order valence-electron chi connectivity index (χ2n) is 5.62. The van der Waals surface area contributed by atoms with Crippen molar-refractivity contribution in [3.8, 4) is 0 Å². The largest absolute Gasteiger partial charge is 0.457 e. The van der Waals surface area contributed by atoms with E-state index < -0.39 is 0 Å². The zero-order chi connectivity index (χ0) is 16.0. The average molecular weight is 321 g/mol. The maximum atomic E-state index is 12.6. The summed E-state index contributed by atoms with van der Waals surface area (Å²) in [5.74, 6) is 1.03. The van der Waals surface area contributed by atoms with E-state index in [-0.39, 0.29) is 5.78 Å². The lowest BCUT2D eigenvalue weighted by molar-refractivity contribution is 0.101. The van der Waals surface area contributed by atoms with Crippen molar-refractivity contribution in [1.29, 1.82) is 0 Å². The Balaban J connectivity index is 1.75. The first-order chi connectivity index (χ1) is 11.1. The van der Waals surface area contributed by atoms with Crippen LogP contribution in [0.5, 0.6) is 0 Å². The van der Waals surface area contributed by atoms with Crippen molar-refractivity contribution in [3.05, 3.63) is 100.0 Å². The molecule has 0 N–H and O–H groups in total. The van der Waals surface area contributed by atoms with E-state index in [1.807, 2.05) is 54.6 Å². The predicted octanol–water partition coefficient (Wildman–Crippen LogP) is 5.13. The molecule has 23 heavy (non-hydrogen) atoms. The Labute approximate surface area is 139 Å². The van der Waals surface area contributed by atoms with Gasteiger partial charge in [0.05, 0.1) is 0 Å². The van der Waals surface area contributed by atoms with E-state index in [2.05, 4.69) is 6.58 Å². The van der Waals surface area contributed by atoms with Crippen molar-refractivity contribution in [2.24, 2.45) is 0 Å². The van der Waals surface area contributed by atoms with Crippen molar-refractivity contribution in [3.63, 3.8) is 0 Å². The molecule has 4 rings (SSSR count). The minimum Gasteiger partial charge on any atom is -0.457 e. The molecule has 0 aliphatic heterocycles. The monoisotopic (exact) mass is 320 g/mol. The third kappa shape index (κ3) is 2.32. The molecule has 0 unspecified atom stereocenters. The summed E-state index contributed by atoms with van der Waals surface area (Å²) in [4.78, 5) is 12.6. The summed E-state index contributed by atoms with van der Waals surface area (Å²) in [5, 5.41) is 0.687. The lowest BCUT2D eigenvalue weighted by Crippen LogP contribution is -2.11. The maximum absolute atomic E-state index is 12.6. The number of carbonyl (C=O) groups excluding carboxylic acids is 1. The first kappa shape index (κ1) is 14.0. The summed E-state index contributed by atoms with van der Waals surface area (Å²) < 4.78 is 5.84. The van der Waals surface area contributed by atoms with Gasteiger partial charge in [-0.25, -0.2) is 0 Å². The number of benzene rings is 2. The Kier molecular flexibility index (Phi) is 3.21. The van der Waals surface area contributed by atoms with Gasteiger partial charge in [-0.15, -0.1) is 0 Å². The molecule has 0 atom stereocenters. The van der Waals surface area contributed by atoms with Crippen molar-refractivity contribution in [1.82, 2.24) is 0 Å². The Morgan fingerprint density at radius 3 is 2.52 bits per heavy atom. The number of fused-ring (bicyclic) bond motifs is 2. The third-order valence-electron chi connectivity index (χ3n) is 4.08. The fourth-order valence-corrected chi connectivity index (χ4v) is 3.19. The first-order valence-electron chi connectivity index (χ1n) is 7.34. The molecule has 2 aromatic carbocycles. The molecular formula is C20H13ClO2. The van der Waals surface area contributed by atoms with Crippen LogP contribution in [0.3, 0.4) is 0 Å². The normalized spacial score (nSPS) is 12.9. The molecule has 0 fully saturated rings. The summed E-state index contributed by atoms with van der Waals surface area (Å²) in [6, 6.07) is 17.0. The van der Waals surface area contributed by atoms with Gasteiger partial charge in [0.15, 0.2) is 5.76 Å². The second-order valence-corrected chi connectivity index (χ2v) is 6.05. The van der Waals surface area contributed by atoms with Gasteiger partial charge in [-0.05, 0) is 34.9 Å². The number of carbonyl (C=O) groups is 1. The Hall–Kier alpha value is -2.58. The van der Waals surface area contributed by atoms with E-state index in [0.717, 1.165) is 28.0 Å². The average Bonchev–Trinajstić information content (AvgIpc) is 2.97. The molecule has 1 aliphatic rings. The molecule has 2 nitrogen and oxygen atoms in total.